The van der Waals surface area contributed by atoms with Gasteiger partial charge in [-0.1, -0.05) is 62.1 Å². The number of nitrogens with zero attached hydrogens (tertiary/aromatic N) is 2. The Morgan fingerprint density at radius 1 is 0.871 bits per heavy atom. The summed E-state index contributed by atoms with van der Waals surface area (Å²) in [6.45, 7) is 5.51. The molecule has 0 spiro atoms. The third kappa shape index (κ3) is 6.58. The second-order valence-electron chi connectivity index (χ2n) is 8.29. The van der Waals surface area contributed by atoms with E-state index in [0.29, 0.717) is 13.1 Å². The molecule has 0 atom stereocenters. The van der Waals surface area contributed by atoms with Crippen LogP contribution in [0.2, 0.25) is 0 Å². The minimum atomic E-state index is -0.0256. The molecule has 0 bridgehead atoms. The van der Waals surface area contributed by atoms with Crippen LogP contribution < -0.4 is 9.64 Å². The molecule has 1 aliphatic heterocycles. The van der Waals surface area contributed by atoms with Crippen molar-refractivity contribution in [3.05, 3.63) is 59.7 Å². The van der Waals surface area contributed by atoms with Gasteiger partial charge in [-0.2, -0.15) is 0 Å². The van der Waals surface area contributed by atoms with E-state index in [2.05, 4.69) is 0 Å². The number of carbonyl (C=O) groups excluding carboxylic acids is 2. The van der Waals surface area contributed by atoms with Crippen LogP contribution in [0.25, 0.3) is 0 Å². The molecule has 0 N–H and O–H groups in total. The SMILES string of the molecule is CC(=O)N1CCCCCCCCN(C(=O)COc2ccccc2C)Cc2ccccc21. The first-order valence-corrected chi connectivity index (χ1v) is 11.4. The fourth-order valence-electron chi connectivity index (χ4n) is 4.08. The van der Waals surface area contributed by atoms with Crippen LogP contribution in [0.4, 0.5) is 5.69 Å². The molecule has 0 unspecified atom stereocenters. The number of hydrogen-bond donors (Lipinski definition) is 0. The Morgan fingerprint density at radius 2 is 1.52 bits per heavy atom. The number of benzene rings is 2. The predicted octanol–water partition coefficient (Wildman–Crippen LogP) is 5.11. The van der Waals surface area contributed by atoms with Gasteiger partial charge in [0.1, 0.15) is 5.75 Å². The number of carbonyl (C=O) groups is 2. The average molecular weight is 423 g/mol. The van der Waals surface area contributed by atoms with Crippen LogP contribution in [0.1, 0.15) is 56.6 Å². The molecule has 0 aromatic heterocycles. The summed E-state index contributed by atoms with van der Waals surface area (Å²) in [7, 11) is 0. The Bertz CT molecular complexity index is 880. The highest BCUT2D eigenvalue weighted by molar-refractivity contribution is 5.92. The number of para-hydroxylation sites is 2. The lowest BCUT2D eigenvalue weighted by atomic mass is 10.1. The summed E-state index contributed by atoms with van der Waals surface area (Å²) in [6, 6.07) is 15.7. The van der Waals surface area contributed by atoms with Crippen LogP contribution in [-0.2, 0) is 16.1 Å². The van der Waals surface area contributed by atoms with E-state index >= 15 is 0 Å². The maximum absolute atomic E-state index is 13.1. The number of rotatable bonds is 3. The number of fused-ring (bicyclic) bond motifs is 1. The fourth-order valence-corrected chi connectivity index (χ4v) is 4.08. The van der Waals surface area contributed by atoms with Crippen molar-refractivity contribution < 1.29 is 14.3 Å². The van der Waals surface area contributed by atoms with Crippen molar-refractivity contribution in [2.75, 3.05) is 24.6 Å². The van der Waals surface area contributed by atoms with E-state index in [-0.39, 0.29) is 18.4 Å². The van der Waals surface area contributed by atoms with E-state index in [9.17, 15) is 9.59 Å². The minimum absolute atomic E-state index is 0.0173. The zero-order valence-electron chi connectivity index (χ0n) is 18.8. The van der Waals surface area contributed by atoms with Gasteiger partial charge in [-0.15, -0.1) is 0 Å². The van der Waals surface area contributed by atoms with Gasteiger partial charge < -0.3 is 14.5 Å². The molecule has 1 heterocycles. The quantitative estimate of drug-likeness (QED) is 0.691. The summed E-state index contributed by atoms with van der Waals surface area (Å²) in [4.78, 5) is 29.2. The third-order valence-electron chi connectivity index (χ3n) is 5.88. The fraction of sp³-hybridized carbons (Fsp3) is 0.462. The lowest BCUT2D eigenvalue weighted by Crippen LogP contribution is -2.36. The van der Waals surface area contributed by atoms with E-state index < -0.39 is 0 Å². The third-order valence-corrected chi connectivity index (χ3v) is 5.88. The Balaban J connectivity index is 1.80. The van der Waals surface area contributed by atoms with Crippen molar-refractivity contribution in [1.82, 2.24) is 4.90 Å². The molecule has 0 saturated carbocycles. The van der Waals surface area contributed by atoms with Crippen LogP contribution in [0, 0.1) is 6.92 Å². The second kappa shape index (κ2) is 11.5. The summed E-state index contributed by atoms with van der Waals surface area (Å²) >= 11 is 0. The van der Waals surface area contributed by atoms with Gasteiger partial charge >= 0.3 is 0 Å². The number of amides is 2. The number of aryl methyl sites for hydroxylation is 1. The average Bonchev–Trinajstić information content (AvgIpc) is 2.78. The van der Waals surface area contributed by atoms with Gasteiger partial charge in [-0.25, -0.2) is 0 Å². The van der Waals surface area contributed by atoms with Crippen molar-refractivity contribution >= 4 is 17.5 Å². The van der Waals surface area contributed by atoms with Gasteiger partial charge in [0.05, 0.1) is 0 Å². The number of anilines is 1. The monoisotopic (exact) mass is 422 g/mol. The largest absolute Gasteiger partial charge is 0.484 e. The molecular formula is C26H34N2O3. The standard InChI is InChI=1S/C26H34N2O3/c1-21-13-7-10-16-25(21)31-20-26(30)27-17-11-5-3-4-6-12-18-28(22(2)29)24-15-9-8-14-23(24)19-27/h7-10,13-16H,3-6,11-12,17-20H2,1-2H3. The zero-order chi connectivity index (χ0) is 22.1. The summed E-state index contributed by atoms with van der Waals surface area (Å²) in [5, 5.41) is 0. The van der Waals surface area contributed by atoms with Gasteiger partial charge in [0.15, 0.2) is 6.61 Å². The van der Waals surface area contributed by atoms with Gasteiger partial charge in [-0.3, -0.25) is 9.59 Å². The Hall–Kier alpha value is -2.82. The molecule has 5 nitrogen and oxygen atoms in total. The van der Waals surface area contributed by atoms with Crippen LogP contribution in [0.5, 0.6) is 5.75 Å². The van der Waals surface area contributed by atoms with E-state index in [1.54, 1.807) is 6.92 Å². The first kappa shape index (κ1) is 22.9. The Kier molecular flexibility index (Phi) is 8.51. The molecule has 31 heavy (non-hydrogen) atoms. The van der Waals surface area contributed by atoms with Crippen molar-refractivity contribution in [3.8, 4) is 5.75 Å². The highest BCUT2D eigenvalue weighted by Crippen LogP contribution is 2.24. The van der Waals surface area contributed by atoms with Crippen LogP contribution in [0.15, 0.2) is 48.5 Å². The molecule has 0 fully saturated rings. The summed E-state index contributed by atoms with van der Waals surface area (Å²) < 4.78 is 5.84. The maximum Gasteiger partial charge on any atom is 0.260 e. The number of ether oxygens (including phenoxy) is 1. The van der Waals surface area contributed by atoms with Gasteiger partial charge in [0, 0.05) is 32.2 Å². The van der Waals surface area contributed by atoms with Crippen molar-refractivity contribution in [1.29, 1.82) is 0 Å². The Labute approximate surface area is 186 Å². The topological polar surface area (TPSA) is 49.9 Å². The van der Waals surface area contributed by atoms with E-state index in [4.69, 9.17) is 4.74 Å². The molecule has 0 radical (unpaired) electrons. The zero-order valence-corrected chi connectivity index (χ0v) is 18.8. The lowest BCUT2D eigenvalue weighted by Gasteiger charge is -2.28. The number of hydrogen-bond acceptors (Lipinski definition) is 3. The molecule has 166 valence electrons. The Morgan fingerprint density at radius 3 is 2.26 bits per heavy atom. The lowest BCUT2D eigenvalue weighted by molar-refractivity contribution is -0.134. The van der Waals surface area contributed by atoms with Gasteiger partial charge in [0.2, 0.25) is 5.91 Å². The molecular weight excluding hydrogens is 388 g/mol. The van der Waals surface area contributed by atoms with Crippen molar-refractivity contribution in [3.63, 3.8) is 0 Å². The van der Waals surface area contributed by atoms with E-state index in [0.717, 1.165) is 67.6 Å². The van der Waals surface area contributed by atoms with Crippen LogP contribution in [-0.4, -0.2) is 36.4 Å². The van der Waals surface area contributed by atoms with Crippen LogP contribution in [0.3, 0.4) is 0 Å². The first-order valence-electron chi connectivity index (χ1n) is 11.4. The molecule has 0 aliphatic carbocycles. The summed E-state index contributed by atoms with van der Waals surface area (Å²) in [5.41, 5.74) is 2.93. The molecule has 3 rings (SSSR count). The van der Waals surface area contributed by atoms with Gasteiger partial charge in [-0.05, 0) is 43.0 Å². The molecule has 1 aliphatic rings. The summed E-state index contributed by atoms with van der Waals surface area (Å²) in [6.07, 6.45) is 6.54. The maximum atomic E-state index is 13.1. The smallest absolute Gasteiger partial charge is 0.260 e. The molecule has 2 aromatic carbocycles. The minimum Gasteiger partial charge on any atom is -0.484 e. The predicted molar refractivity (Wildman–Crippen MR) is 124 cm³/mol. The normalized spacial score (nSPS) is 15.8. The molecule has 2 aromatic rings. The van der Waals surface area contributed by atoms with Crippen molar-refractivity contribution in [2.24, 2.45) is 0 Å². The van der Waals surface area contributed by atoms with Crippen LogP contribution >= 0.6 is 0 Å². The molecule has 0 saturated heterocycles. The molecule has 5 heteroatoms. The van der Waals surface area contributed by atoms with Crippen molar-refractivity contribution in [2.45, 2.75) is 58.9 Å². The molecule has 2 amide bonds. The van der Waals surface area contributed by atoms with E-state index in [1.165, 1.54) is 0 Å². The highest BCUT2D eigenvalue weighted by atomic mass is 16.5. The first-order chi connectivity index (χ1) is 15.1. The second-order valence-corrected chi connectivity index (χ2v) is 8.29. The van der Waals surface area contributed by atoms with E-state index in [1.807, 2.05) is 65.3 Å². The van der Waals surface area contributed by atoms with Gasteiger partial charge in [0.25, 0.3) is 5.91 Å². The highest BCUT2D eigenvalue weighted by Gasteiger charge is 2.20. The summed E-state index contributed by atoms with van der Waals surface area (Å²) in [5.74, 6) is 0.759.